The van der Waals surface area contributed by atoms with Gasteiger partial charge in [0, 0.05) is 11.1 Å². The van der Waals surface area contributed by atoms with Crippen LogP contribution >= 0.6 is 0 Å². The minimum absolute atomic E-state index is 0.212. The molecule has 1 aliphatic rings. The number of rotatable bonds is 3. The monoisotopic (exact) mass is 587 g/mol. The van der Waals surface area contributed by atoms with Crippen LogP contribution in [0.15, 0.2) is 164 Å². The maximum Gasteiger partial charge on any atom is 0.0503 e. The molecule has 1 aliphatic heterocycles. The maximum absolute atomic E-state index is 2.49. The summed E-state index contributed by atoms with van der Waals surface area (Å²) in [4.78, 5) is 2.49. The van der Waals surface area contributed by atoms with E-state index >= 15 is 0 Å². The molecule has 9 rings (SSSR count). The maximum atomic E-state index is 2.49. The fourth-order valence-electron chi connectivity index (χ4n) is 7.67. The predicted octanol–water partition coefficient (Wildman–Crippen LogP) is 12.6. The third-order valence-corrected chi connectivity index (χ3v) is 10.0. The second-order valence-corrected chi connectivity index (χ2v) is 13.0. The molecule has 46 heavy (non-hydrogen) atoms. The largest absolute Gasteiger partial charge is 0.310 e. The van der Waals surface area contributed by atoms with Crippen LogP contribution in [0.1, 0.15) is 25.0 Å². The number of fused-ring (bicyclic) bond motifs is 8. The van der Waals surface area contributed by atoms with E-state index in [4.69, 9.17) is 0 Å². The molecule has 0 bridgehead atoms. The number of anilines is 3. The van der Waals surface area contributed by atoms with Crippen molar-refractivity contribution in [3.05, 3.63) is 175 Å². The molecule has 0 N–H and O–H groups in total. The zero-order valence-corrected chi connectivity index (χ0v) is 26.0. The summed E-state index contributed by atoms with van der Waals surface area (Å²) in [5.41, 5.74) is 11.0. The molecule has 0 saturated carbocycles. The van der Waals surface area contributed by atoms with Crippen molar-refractivity contribution < 1.29 is 0 Å². The summed E-state index contributed by atoms with van der Waals surface area (Å²) in [6, 6.07) is 60.2. The van der Waals surface area contributed by atoms with E-state index in [0.717, 1.165) is 0 Å². The summed E-state index contributed by atoms with van der Waals surface area (Å²) < 4.78 is 0. The average molecular weight is 588 g/mol. The van der Waals surface area contributed by atoms with Crippen LogP contribution in [-0.2, 0) is 5.41 Å². The molecule has 8 aromatic rings. The molecule has 0 spiro atoms. The summed E-state index contributed by atoms with van der Waals surface area (Å²) >= 11 is 0. The molecule has 0 amide bonds. The molecule has 218 valence electrons. The molecular weight excluding hydrogens is 555 g/mol. The number of benzene rings is 8. The van der Waals surface area contributed by atoms with E-state index in [1.165, 1.54) is 82.8 Å². The molecular formula is C45H33N. The van der Waals surface area contributed by atoms with Crippen molar-refractivity contribution in [1.82, 2.24) is 0 Å². The molecule has 0 saturated heterocycles. The molecule has 1 heterocycles. The Labute approximate surface area is 270 Å². The Kier molecular flexibility index (Phi) is 5.92. The van der Waals surface area contributed by atoms with Gasteiger partial charge in [-0.3, -0.25) is 0 Å². The van der Waals surface area contributed by atoms with Gasteiger partial charge < -0.3 is 4.90 Å². The van der Waals surface area contributed by atoms with Crippen LogP contribution in [0.5, 0.6) is 0 Å². The van der Waals surface area contributed by atoms with Crippen LogP contribution in [0, 0.1) is 0 Å². The molecule has 0 aromatic heterocycles. The van der Waals surface area contributed by atoms with Crippen LogP contribution in [-0.4, -0.2) is 0 Å². The van der Waals surface area contributed by atoms with E-state index in [1.807, 2.05) is 0 Å². The number of nitrogens with zero attached hydrogens (tertiary/aromatic N) is 1. The lowest BCUT2D eigenvalue weighted by atomic mass is 9.72. The van der Waals surface area contributed by atoms with Crippen molar-refractivity contribution in [2.24, 2.45) is 0 Å². The van der Waals surface area contributed by atoms with Gasteiger partial charge in [-0.15, -0.1) is 0 Å². The Bertz CT molecular complexity index is 2310. The Hall–Kier alpha value is -5.66. The summed E-state index contributed by atoms with van der Waals surface area (Å²) in [7, 11) is 0. The highest BCUT2D eigenvalue weighted by Crippen LogP contribution is 2.54. The van der Waals surface area contributed by atoms with Crippen LogP contribution in [0.25, 0.3) is 54.6 Å². The quantitative estimate of drug-likeness (QED) is 0.186. The smallest absolute Gasteiger partial charge is 0.0503 e. The predicted molar refractivity (Wildman–Crippen MR) is 197 cm³/mol. The second kappa shape index (κ2) is 10.2. The minimum atomic E-state index is -0.212. The average Bonchev–Trinajstić information content (AvgIpc) is 3.12. The summed E-state index contributed by atoms with van der Waals surface area (Å²) in [6.45, 7) is 4.76. The van der Waals surface area contributed by atoms with E-state index in [0.29, 0.717) is 0 Å². The lowest BCUT2D eigenvalue weighted by Crippen LogP contribution is -2.30. The fourth-order valence-corrected chi connectivity index (χ4v) is 7.67. The lowest BCUT2D eigenvalue weighted by Gasteiger charge is -2.42. The van der Waals surface area contributed by atoms with Gasteiger partial charge in [-0.1, -0.05) is 141 Å². The topological polar surface area (TPSA) is 3.24 Å². The molecule has 0 radical (unpaired) electrons. The van der Waals surface area contributed by atoms with Gasteiger partial charge in [0.1, 0.15) is 0 Å². The van der Waals surface area contributed by atoms with Crippen LogP contribution in [0.2, 0.25) is 0 Å². The van der Waals surface area contributed by atoms with E-state index in [9.17, 15) is 0 Å². The van der Waals surface area contributed by atoms with Gasteiger partial charge in [-0.2, -0.15) is 0 Å². The molecule has 0 fully saturated rings. The number of hydrogen-bond donors (Lipinski definition) is 0. The van der Waals surface area contributed by atoms with Crippen molar-refractivity contribution in [2.45, 2.75) is 19.3 Å². The summed E-state index contributed by atoms with van der Waals surface area (Å²) in [5, 5.41) is 7.74. The highest BCUT2D eigenvalue weighted by molar-refractivity contribution is 6.25. The first-order valence-electron chi connectivity index (χ1n) is 16.1. The van der Waals surface area contributed by atoms with E-state index in [-0.39, 0.29) is 5.41 Å². The molecule has 0 unspecified atom stereocenters. The molecule has 0 atom stereocenters. The standard InChI is InChI=1S/C45H33N/c1-45(2)41-27-32(30-13-5-3-6-14-30)21-25-43(41)46(44-26-22-33(28-42(44)45)31-15-7-4-8-16-31)34-23-24-39-37-19-10-9-17-35(37)36-18-11-12-20-38(36)40(39)29-34/h3-29H,1-2H3. The first kappa shape index (κ1) is 26.7. The molecule has 8 aromatic carbocycles. The van der Waals surface area contributed by atoms with E-state index in [2.05, 4.69) is 183 Å². The second-order valence-electron chi connectivity index (χ2n) is 13.0. The Morgan fingerprint density at radius 1 is 0.348 bits per heavy atom. The Balaban J connectivity index is 1.32. The molecule has 1 heteroatoms. The highest BCUT2D eigenvalue weighted by atomic mass is 15.2. The number of hydrogen-bond acceptors (Lipinski definition) is 1. The van der Waals surface area contributed by atoms with Crippen molar-refractivity contribution in [3.8, 4) is 22.3 Å². The van der Waals surface area contributed by atoms with Gasteiger partial charge in [0.2, 0.25) is 0 Å². The zero-order valence-electron chi connectivity index (χ0n) is 26.0. The Morgan fingerprint density at radius 3 is 1.24 bits per heavy atom. The summed E-state index contributed by atoms with van der Waals surface area (Å²) in [6.07, 6.45) is 0. The first-order chi connectivity index (χ1) is 22.6. The zero-order chi connectivity index (χ0) is 30.8. The molecule has 1 nitrogen and oxygen atoms in total. The molecule has 0 aliphatic carbocycles. The minimum Gasteiger partial charge on any atom is -0.310 e. The van der Waals surface area contributed by atoms with E-state index < -0.39 is 0 Å². The third-order valence-electron chi connectivity index (χ3n) is 10.0. The van der Waals surface area contributed by atoms with Crippen molar-refractivity contribution in [3.63, 3.8) is 0 Å². The van der Waals surface area contributed by atoms with Gasteiger partial charge in [0.25, 0.3) is 0 Å². The van der Waals surface area contributed by atoms with Crippen LogP contribution < -0.4 is 4.90 Å². The summed E-state index contributed by atoms with van der Waals surface area (Å²) in [5.74, 6) is 0. The van der Waals surface area contributed by atoms with Crippen molar-refractivity contribution >= 4 is 49.4 Å². The van der Waals surface area contributed by atoms with Gasteiger partial charge in [0.05, 0.1) is 11.4 Å². The fraction of sp³-hybridized carbons (Fsp3) is 0.0667. The Morgan fingerprint density at radius 2 is 0.761 bits per heavy atom. The van der Waals surface area contributed by atoms with Gasteiger partial charge in [-0.05, 0) is 102 Å². The van der Waals surface area contributed by atoms with Crippen LogP contribution in [0.4, 0.5) is 17.1 Å². The van der Waals surface area contributed by atoms with E-state index in [1.54, 1.807) is 0 Å². The normalized spacial score (nSPS) is 13.6. The van der Waals surface area contributed by atoms with Crippen LogP contribution in [0.3, 0.4) is 0 Å². The third kappa shape index (κ3) is 4.02. The van der Waals surface area contributed by atoms with Gasteiger partial charge >= 0.3 is 0 Å². The highest BCUT2D eigenvalue weighted by Gasteiger charge is 2.37. The van der Waals surface area contributed by atoms with Crippen molar-refractivity contribution in [1.29, 1.82) is 0 Å². The van der Waals surface area contributed by atoms with Gasteiger partial charge in [0.15, 0.2) is 0 Å². The lowest BCUT2D eigenvalue weighted by molar-refractivity contribution is 0.632. The van der Waals surface area contributed by atoms with Gasteiger partial charge in [-0.25, -0.2) is 0 Å². The van der Waals surface area contributed by atoms with Crippen molar-refractivity contribution in [2.75, 3.05) is 4.90 Å². The SMILES string of the molecule is CC1(C)c2cc(-c3ccccc3)ccc2N(c2ccc3c4ccccc4c4ccccc4c3c2)c2ccc(-c3ccccc3)cc21. The first-order valence-corrected chi connectivity index (χ1v) is 16.1.